The number of nitrogens with one attached hydrogen (secondary N) is 2. The van der Waals surface area contributed by atoms with Crippen molar-refractivity contribution in [2.24, 2.45) is 13.0 Å². The Morgan fingerprint density at radius 3 is 2.83 bits per heavy atom. The van der Waals surface area contributed by atoms with Gasteiger partial charge in [-0.25, -0.2) is 4.79 Å². The third kappa shape index (κ3) is 4.97. The summed E-state index contributed by atoms with van der Waals surface area (Å²) in [5, 5.41) is 10.2. The molecule has 24 heavy (non-hydrogen) atoms. The van der Waals surface area contributed by atoms with E-state index >= 15 is 0 Å². The predicted octanol–water partition coefficient (Wildman–Crippen LogP) is 2.14. The average molecular weight is 335 g/mol. The Balaban J connectivity index is 1.83. The molecule has 1 aliphatic heterocycles. The van der Waals surface area contributed by atoms with Crippen LogP contribution in [0.5, 0.6) is 0 Å². The quantitative estimate of drug-likeness (QED) is 0.836. The van der Waals surface area contributed by atoms with E-state index in [0.29, 0.717) is 31.2 Å². The van der Waals surface area contributed by atoms with Gasteiger partial charge in [0.15, 0.2) is 0 Å². The summed E-state index contributed by atoms with van der Waals surface area (Å²) in [7, 11) is 1.83. The molecule has 0 radical (unpaired) electrons. The van der Waals surface area contributed by atoms with Crippen LogP contribution in [0.3, 0.4) is 0 Å². The molecule has 1 fully saturated rings. The zero-order chi connectivity index (χ0) is 17.7. The number of aryl methyl sites for hydroxylation is 2. The number of amides is 3. The number of rotatable bonds is 6. The van der Waals surface area contributed by atoms with Gasteiger partial charge >= 0.3 is 6.03 Å². The molecule has 7 heteroatoms. The van der Waals surface area contributed by atoms with Crippen molar-refractivity contribution in [2.45, 2.75) is 52.5 Å². The number of likely N-dealkylation sites (tertiary alicyclic amines) is 1. The van der Waals surface area contributed by atoms with E-state index < -0.39 is 0 Å². The topological polar surface area (TPSA) is 79.3 Å². The van der Waals surface area contributed by atoms with Crippen molar-refractivity contribution in [1.82, 2.24) is 20.0 Å². The maximum Gasteiger partial charge on any atom is 0.320 e. The molecule has 1 aromatic rings. The lowest BCUT2D eigenvalue weighted by Crippen LogP contribution is -2.40. The minimum absolute atomic E-state index is 0.00846. The van der Waals surface area contributed by atoms with E-state index in [1.165, 1.54) is 0 Å². The SMILES string of the molecule is CCC(=O)N1CC[C@@H](NC(=O)Nc2cc(CCC(C)C)nn2C)C1. The Morgan fingerprint density at radius 1 is 1.42 bits per heavy atom. The molecule has 7 nitrogen and oxygen atoms in total. The molecule has 0 saturated carbocycles. The molecule has 2 N–H and O–H groups in total. The number of hydrogen-bond acceptors (Lipinski definition) is 3. The summed E-state index contributed by atoms with van der Waals surface area (Å²) in [5.41, 5.74) is 0.988. The van der Waals surface area contributed by atoms with Gasteiger partial charge in [0.25, 0.3) is 0 Å². The van der Waals surface area contributed by atoms with E-state index in [0.717, 1.165) is 25.0 Å². The molecule has 0 spiro atoms. The average Bonchev–Trinajstić information content (AvgIpc) is 3.12. The third-order valence-corrected chi connectivity index (χ3v) is 4.33. The highest BCUT2D eigenvalue weighted by molar-refractivity contribution is 5.88. The van der Waals surface area contributed by atoms with Crippen LogP contribution in [0.2, 0.25) is 0 Å². The molecule has 0 bridgehead atoms. The second kappa shape index (κ2) is 8.17. The van der Waals surface area contributed by atoms with Crippen molar-refractivity contribution in [3.63, 3.8) is 0 Å². The van der Waals surface area contributed by atoms with Gasteiger partial charge in [0.05, 0.1) is 5.69 Å². The molecular formula is C17H29N5O2. The summed E-state index contributed by atoms with van der Waals surface area (Å²) >= 11 is 0. The Morgan fingerprint density at radius 2 is 2.17 bits per heavy atom. The summed E-state index contributed by atoms with van der Waals surface area (Å²) < 4.78 is 1.69. The first kappa shape index (κ1) is 18.3. The van der Waals surface area contributed by atoms with Crippen LogP contribution in [-0.2, 0) is 18.3 Å². The van der Waals surface area contributed by atoms with Gasteiger partial charge in [-0.05, 0) is 25.2 Å². The van der Waals surface area contributed by atoms with Crippen molar-refractivity contribution >= 4 is 17.8 Å². The predicted molar refractivity (Wildman–Crippen MR) is 93.8 cm³/mol. The molecular weight excluding hydrogens is 306 g/mol. The lowest BCUT2D eigenvalue weighted by molar-refractivity contribution is -0.129. The monoisotopic (exact) mass is 335 g/mol. The molecule has 2 heterocycles. The van der Waals surface area contributed by atoms with Crippen molar-refractivity contribution < 1.29 is 9.59 Å². The fourth-order valence-electron chi connectivity index (χ4n) is 2.87. The van der Waals surface area contributed by atoms with Gasteiger partial charge in [0.1, 0.15) is 5.82 Å². The first-order valence-corrected chi connectivity index (χ1v) is 8.77. The highest BCUT2D eigenvalue weighted by Gasteiger charge is 2.26. The first-order chi connectivity index (χ1) is 11.4. The number of anilines is 1. The molecule has 1 atom stereocenters. The minimum atomic E-state index is -0.246. The van der Waals surface area contributed by atoms with Gasteiger partial charge in [-0.3, -0.25) is 14.8 Å². The standard InChI is InChI=1S/C17H29N5O2/c1-5-16(23)22-9-8-14(11-22)18-17(24)19-15-10-13(20-21(15)4)7-6-12(2)3/h10,12,14H,5-9,11H2,1-4H3,(H2,18,19,24)/t14-/m1/s1. The van der Waals surface area contributed by atoms with E-state index in [1.807, 2.05) is 20.0 Å². The fraction of sp³-hybridized carbons (Fsp3) is 0.706. The summed E-state index contributed by atoms with van der Waals surface area (Å²) in [4.78, 5) is 25.7. The van der Waals surface area contributed by atoms with Crippen molar-refractivity contribution in [1.29, 1.82) is 0 Å². The molecule has 1 aliphatic rings. The highest BCUT2D eigenvalue weighted by Crippen LogP contribution is 2.14. The van der Waals surface area contributed by atoms with Crippen LogP contribution >= 0.6 is 0 Å². The van der Waals surface area contributed by atoms with Crippen LogP contribution in [-0.4, -0.2) is 45.8 Å². The summed E-state index contributed by atoms with van der Waals surface area (Å²) in [6, 6.07) is 1.68. The van der Waals surface area contributed by atoms with Crippen LogP contribution in [0.4, 0.5) is 10.6 Å². The van der Waals surface area contributed by atoms with E-state index in [1.54, 1.807) is 9.58 Å². The van der Waals surface area contributed by atoms with Crippen molar-refractivity contribution in [3.8, 4) is 0 Å². The Kier molecular flexibility index (Phi) is 6.23. The third-order valence-electron chi connectivity index (χ3n) is 4.33. The van der Waals surface area contributed by atoms with Gasteiger partial charge in [-0.1, -0.05) is 20.8 Å². The largest absolute Gasteiger partial charge is 0.341 e. The zero-order valence-corrected chi connectivity index (χ0v) is 15.1. The maximum absolute atomic E-state index is 12.2. The van der Waals surface area contributed by atoms with Gasteiger partial charge in [-0.2, -0.15) is 5.10 Å². The van der Waals surface area contributed by atoms with Gasteiger partial charge in [-0.15, -0.1) is 0 Å². The Bertz CT molecular complexity index is 582. The summed E-state index contributed by atoms with van der Waals surface area (Å²) in [6.07, 6.45) is 3.29. The molecule has 0 unspecified atom stereocenters. The molecule has 1 saturated heterocycles. The number of urea groups is 1. The number of aromatic nitrogens is 2. The van der Waals surface area contributed by atoms with Gasteiger partial charge < -0.3 is 10.2 Å². The highest BCUT2D eigenvalue weighted by atomic mass is 16.2. The molecule has 3 amide bonds. The Labute approximate surface area is 143 Å². The fourth-order valence-corrected chi connectivity index (χ4v) is 2.87. The first-order valence-electron chi connectivity index (χ1n) is 8.77. The molecule has 2 rings (SSSR count). The number of hydrogen-bond donors (Lipinski definition) is 2. The molecule has 1 aromatic heterocycles. The second-order valence-corrected chi connectivity index (χ2v) is 6.85. The second-order valence-electron chi connectivity index (χ2n) is 6.85. The zero-order valence-electron chi connectivity index (χ0n) is 15.1. The van der Waals surface area contributed by atoms with Crippen LogP contribution in [0.25, 0.3) is 0 Å². The molecule has 0 aromatic carbocycles. The summed E-state index contributed by atoms with van der Waals surface area (Å²) in [6.45, 7) is 7.52. The van der Waals surface area contributed by atoms with Crippen LogP contribution in [0.1, 0.15) is 45.7 Å². The minimum Gasteiger partial charge on any atom is -0.341 e. The van der Waals surface area contributed by atoms with Gasteiger partial charge in [0.2, 0.25) is 5.91 Å². The number of carbonyl (C=O) groups excluding carboxylic acids is 2. The van der Waals surface area contributed by atoms with Gasteiger partial charge in [0, 0.05) is 38.7 Å². The van der Waals surface area contributed by atoms with Crippen LogP contribution in [0.15, 0.2) is 6.07 Å². The lowest BCUT2D eigenvalue weighted by Gasteiger charge is -2.16. The van der Waals surface area contributed by atoms with E-state index in [4.69, 9.17) is 0 Å². The number of carbonyl (C=O) groups is 2. The smallest absolute Gasteiger partial charge is 0.320 e. The van der Waals surface area contributed by atoms with Crippen LogP contribution in [0, 0.1) is 5.92 Å². The maximum atomic E-state index is 12.2. The Hall–Kier alpha value is -2.05. The molecule has 134 valence electrons. The van der Waals surface area contributed by atoms with E-state index in [2.05, 4.69) is 29.6 Å². The van der Waals surface area contributed by atoms with E-state index in [9.17, 15) is 9.59 Å². The van der Waals surface area contributed by atoms with Crippen molar-refractivity contribution in [3.05, 3.63) is 11.8 Å². The van der Waals surface area contributed by atoms with Crippen LogP contribution < -0.4 is 10.6 Å². The normalized spacial score (nSPS) is 17.4. The molecule has 0 aliphatic carbocycles. The van der Waals surface area contributed by atoms with E-state index in [-0.39, 0.29) is 18.0 Å². The summed E-state index contributed by atoms with van der Waals surface area (Å²) in [5.74, 6) is 1.45. The lowest BCUT2D eigenvalue weighted by atomic mass is 10.1. The van der Waals surface area contributed by atoms with Crippen molar-refractivity contribution in [2.75, 3.05) is 18.4 Å². The number of nitrogens with zero attached hydrogens (tertiary/aromatic N) is 3.